The van der Waals surface area contributed by atoms with Crippen LogP contribution in [-0.4, -0.2) is 13.0 Å². The molecule has 5 aromatic carbocycles. The zero-order valence-electron chi connectivity index (χ0n) is 24.7. The molecule has 3 unspecified atom stereocenters. The Hall–Kier alpha value is -3.64. The Morgan fingerprint density at radius 1 is 0.744 bits per heavy atom. The minimum absolute atomic E-state index is 0.0452. The second kappa shape index (κ2) is 11.8. The highest BCUT2D eigenvalue weighted by Crippen LogP contribution is 2.49. The van der Waals surface area contributed by atoms with E-state index >= 15 is 0 Å². The van der Waals surface area contributed by atoms with Gasteiger partial charge in [0.25, 0.3) is 0 Å². The number of methoxy groups -OCH3 is 1. The SMILES string of the molecule is COc1cc2c(cc1N(C(C)=O)C1CCC(c3cccc(I)c3)c3ccccc31)C(c1ccc3ccccc3c1)CCC2. The molecule has 2 aliphatic carbocycles. The van der Waals surface area contributed by atoms with Crippen molar-refractivity contribution in [1.82, 2.24) is 0 Å². The van der Waals surface area contributed by atoms with Gasteiger partial charge in [0, 0.05) is 22.3 Å². The Bertz CT molecular complexity index is 1830. The molecule has 43 heavy (non-hydrogen) atoms. The van der Waals surface area contributed by atoms with Crippen molar-refractivity contribution in [2.45, 2.75) is 56.9 Å². The van der Waals surface area contributed by atoms with E-state index < -0.39 is 0 Å². The number of halogens is 1. The molecule has 2 aliphatic rings. The number of hydrogen-bond donors (Lipinski definition) is 0. The largest absolute Gasteiger partial charge is 0.495 e. The Kier molecular flexibility index (Phi) is 7.72. The van der Waals surface area contributed by atoms with Crippen molar-refractivity contribution in [3.05, 3.63) is 140 Å². The van der Waals surface area contributed by atoms with Crippen LogP contribution < -0.4 is 9.64 Å². The molecule has 4 heteroatoms. The molecule has 0 spiro atoms. The molecule has 0 fully saturated rings. The molecule has 0 heterocycles. The topological polar surface area (TPSA) is 29.5 Å². The van der Waals surface area contributed by atoms with Crippen molar-refractivity contribution in [3.8, 4) is 5.75 Å². The molecule has 3 nitrogen and oxygen atoms in total. The summed E-state index contributed by atoms with van der Waals surface area (Å²) in [5, 5.41) is 2.53. The van der Waals surface area contributed by atoms with Gasteiger partial charge in [0.2, 0.25) is 5.91 Å². The highest BCUT2D eigenvalue weighted by atomic mass is 127. The van der Waals surface area contributed by atoms with Gasteiger partial charge < -0.3 is 9.64 Å². The molecule has 0 aliphatic heterocycles. The third kappa shape index (κ3) is 5.24. The van der Waals surface area contributed by atoms with Gasteiger partial charge in [-0.1, -0.05) is 78.9 Å². The van der Waals surface area contributed by atoms with Gasteiger partial charge in [0.15, 0.2) is 0 Å². The molecule has 216 valence electrons. The van der Waals surface area contributed by atoms with Gasteiger partial charge in [-0.25, -0.2) is 0 Å². The normalized spacial score (nSPS) is 19.4. The van der Waals surface area contributed by atoms with Crippen molar-refractivity contribution in [3.63, 3.8) is 0 Å². The number of rotatable bonds is 5. The number of anilines is 1. The monoisotopic (exact) mass is 677 g/mol. The third-order valence-electron chi connectivity index (χ3n) is 9.55. The van der Waals surface area contributed by atoms with Gasteiger partial charge in [-0.2, -0.15) is 0 Å². The van der Waals surface area contributed by atoms with Crippen LogP contribution in [0, 0.1) is 3.57 Å². The van der Waals surface area contributed by atoms with Crippen LogP contribution in [0.3, 0.4) is 0 Å². The van der Waals surface area contributed by atoms with Crippen LogP contribution in [0.5, 0.6) is 5.75 Å². The fourth-order valence-corrected chi connectivity index (χ4v) is 8.17. The van der Waals surface area contributed by atoms with Gasteiger partial charge in [0.05, 0.1) is 18.8 Å². The van der Waals surface area contributed by atoms with Crippen molar-refractivity contribution in [2.24, 2.45) is 0 Å². The van der Waals surface area contributed by atoms with Gasteiger partial charge in [-0.3, -0.25) is 4.79 Å². The van der Waals surface area contributed by atoms with Gasteiger partial charge in [-0.05, 0) is 123 Å². The Morgan fingerprint density at radius 3 is 2.28 bits per heavy atom. The van der Waals surface area contributed by atoms with E-state index in [1.165, 1.54) is 47.7 Å². The number of hydrogen-bond acceptors (Lipinski definition) is 2. The Labute approximate surface area is 268 Å². The standard InChI is InChI=1S/C39H36INO2/c1-25(42)41(37-20-19-33(28-11-7-13-31(40)22-28)34-14-5-6-15-35(34)37)38-24-36-29(23-39(38)43-2)12-8-16-32(36)30-18-17-26-9-3-4-10-27(26)21-30/h3-7,9-11,13-15,17-18,21-24,32-33,37H,8,12,16,19-20H2,1-2H3. The number of ether oxygens (including phenoxy) is 1. The van der Waals surface area contributed by atoms with Crippen LogP contribution in [0.4, 0.5) is 5.69 Å². The predicted molar refractivity (Wildman–Crippen MR) is 184 cm³/mol. The first-order valence-corrected chi connectivity index (χ1v) is 16.4. The van der Waals surface area contributed by atoms with Crippen molar-refractivity contribution in [2.75, 3.05) is 12.0 Å². The first-order valence-electron chi connectivity index (χ1n) is 15.4. The summed E-state index contributed by atoms with van der Waals surface area (Å²) in [4.78, 5) is 15.7. The van der Waals surface area contributed by atoms with E-state index in [4.69, 9.17) is 4.74 Å². The van der Waals surface area contributed by atoms with Crippen LogP contribution >= 0.6 is 22.6 Å². The number of benzene rings is 5. The highest BCUT2D eigenvalue weighted by Gasteiger charge is 2.36. The zero-order valence-corrected chi connectivity index (χ0v) is 26.9. The average Bonchev–Trinajstić information content (AvgIpc) is 3.04. The number of fused-ring (bicyclic) bond motifs is 3. The van der Waals surface area contributed by atoms with Gasteiger partial charge >= 0.3 is 0 Å². The predicted octanol–water partition coefficient (Wildman–Crippen LogP) is 9.94. The van der Waals surface area contributed by atoms with Crippen molar-refractivity contribution >= 4 is 45.0 Å². The summed E-state index contributed by atoms with van der Waals surface area (Å²) in [6, 6.07) is 37.5. The van der Waals surface area contributed by atoms with Gasteiger partial charge in [0.1, 0.15) is 5.75 Å². The van der Waals surface area contributed by atoms with Crippen LogP contribution in [-0.2, 0) is 11.2 Å². The Balaban J connectivity index is 1.32. The van der Waals surface area contributed by atoms with E-state index in [-0.39, 0.29) is 17.9 Å². The molecule has 0 aromatic heterocycles. The van der Waals surface area contributed by atoms with E-state index in [0.717, 1.165) is 43.5 Å². The molecule has 0 saturated carbocycles. The van der Waals surface area contributed by atoms with Crippen LogP contribution in [0.25, 0.3) is 10.8 Å². The number of carbonyl (C=O) groups excluding carboxylic acids is 1. The van der Waals surface area contributed by atoms with Crippen molar-refractivity contribution in [1.29, 1.82) is 0 Å². The minimum atomic E-state index is -0.0533. The average molecular weight is 678 g/mol. The molecule has 0 N–H and O–H groups in total. The molecule has 0 bridgehead atoms. The third-order valence-corrected chi connectivity index (χ3v) is 10.2. The molecular formula is C39H36INO2. The lowest BCUT2D eigenvalue weighted by molar-refractivity contribution is -0.117. The second-order valence-corrected chi connectivity index (χ2v) is 13.2. The molecule has 3 atom stereocenters. The van der Waals surface area contributed by atoms with Crippen LogP contribution in [0.15, 0.2) is 103 Å². The quantitative estimate of drug-likeness (QED) is 0.173. The lowest BCUT2D eigenvalue weighted by Crippen LogP contribution is -2.36. The van der Waals surface area contributed by atoms with E-state index in [2.05, 4.69) is 126 Å². The summed E-state index contributed by atoms with van der Waals surface area (Å²) in [5.41, 5.74) is 8.77. The molecule has 0 radical (unpaired) electrons. The number of carbonyl (C=O) groups is 1. The lowest BCUT2D eigenvalue weighted by Gasteiger charge is -2.39. The molecule has 1 amide bonds. The van der Waals surface area contributed by atoms with Gasteiger partial charge in [-0.15, -0.1) is 0 Å². The highest BCUT2D eigenvalue weighted by molar-refractivity contribution is 14.1. The molecular weight excluding hydrogens is 641 g/mol. The summed E-state index contributed by atoms with van der Waals surface area (Å²) < 4.78 is 7.28. The molecule has 7 rings (SSSR count). The maximum Gasteiger partial charge on any atom is 0.224 e. The number of aryl methyl sites for hydroxylation is 1. The fraction of sp³-hybridized carbons (Fsp3) is 0.256. The van der Waals surface area contributed by atoms with E-state index in [0.29, 0.717) is 5.92 Å². The maximum atomic E-state index is 13.7. The Morgan fingerprint density at radius 2 is 1.49 bits per heavy atom. The van der Waals surface area contributed by atoms with Crippen molar-refractivity contribution < 1.29 is 9.53 Å². The van der Waals surface area contributed by atoms with Crippen LogP contribution in [0.2, 0.25) is 0 Å². The summed E-state index contributed by atoms with van der Waals surface area (Å²) in [6.45, 7) is 1.70. The summed E-state index contributed by atoms with van der Waals surface area (Å²) in [7, 11) is 1.73. The minimum Gasteiger partial charge on any atom is -0.495 e. The van der Waals surface area contributed by atoms with E-state index in [1.807, 2.05) is 4.90 Å². The van der Waals surface area contributed by atoms with Crippen LogP contribution in [0.1, 0.15) is 83.9 Å². The molecule has 0 saturated heterocycles. The number of amides is 1. The van der Waals surface area contributed by atoms with E-state index in [9.17, 15) is 4.79 Å². The second-order valence-electron chi connectivity index (χ2n) is 12.0. The van der Waals surface area contributed by atoms with E-state index in [1.54, 1.807) is 14.0 Å². The zero-order chi connectivity index (χ0) is 29.5. The first kappa shape index (κ1) is 28.1. The summed E-state index contributed by atoms with van der Waals surface area (Å²) in [5.74, 6) is 1.43. The maximum absolute atomic E-state index is 13.7. The summed E-state index contributed by atoms with van der Waals surface area (Å²) in [6.07, 6.45) is 5.14. The smallest absolute Gasteiger partial charge is 0.224 e. The number of nitrogens with zero attached hydrogens (tertiary/aromatic N) is 1. The summed E-state index contributed by atoms with van der Waals surface area (Å²) >= 11 is 2.40. The first-order chi connectivity index (χ1) is 21.0. The lowest BCUT2D eigenvalue weighted by atomic mass is 9.75. The fourth-order valence-electron chi connectivity index (χ4n) is 7.60. The molecule has 5 aromatic rings.